The van der Waals surface area contributed by atoms with E-state index >= 15 is 0 Å². The molecule has 0 fully saturated rings. The minimum Gasteiger partial charge on any atom is -0.372 e. The summed E-state index contributed by atoms with van der Waals surface area (Å²) in [5.74, 6) is -0.426. The van der Waals surface area contributed by atoms with E-state index in [0.29, 0.717) is 5.56 Å². The van der Waals surface area contributed by atoms with Crippen molar-refractivity contribution in [1.29, 1.82) is 0 Å². The molecule has 2 aromatic carbocycles. The second-order valence-corrected chi connectivity index (χ2v) is 8.64. The molecule has 0 heterocycles. The summed E-state index contributed by atoms with van der Waals surface area (Å²) in [6, 6.07) is 11.5. The number of benzene rings is 2. The lowest BCUT2D eigenvalue weighted by Crippen LogP contribution is -2.40. The molecule has 1 aliphatic rings. The van der Waals surface area contributed by atoms with Crippen LogP contribution < -0.4 is 4.72 Å². The summed E-state index contributed by atoms with van der Waals surface area (Å²) in [7, 11) is -2.27. The topological polar surface area (TPSA) is 55.4 Å². The van der Waals surface area contributed by atoms with Gasteiger partial charge in [0.25, 0.3) is 0 Å². The van der Waals surface area contributed by atoms with E-state index in [4.69, 9.17) is 4.74 Å². The van der Waals surface area contributed by atoms with Gasteiger partial charge in [-0.3, -0.25) is 0 Å². The minimum absolute atomic E-state index is 0.0656. The average Bonchev–Trinajstić information content (AvgIpc) is 2.66. The fourth-order valence-corrected chi connectivity index (χ4v) is 4.54. The number of methoxy groups -OCH3 is 1. The van der Waals surface area contributed by atoms with Gasteiger partial charge in [-0.15, -0.1) is 0 Å². The van der Waals surface area contributed by atoms with Crippen molar-refractivity contribution in [2.24, 2.45) is 0 Å². The summed E-state index contributed by atoms with van der Waals surface area (Å²) < 4.78 is 47.7. The third-order valence-corrected chi connectivity index (χ3v) is 6.52. The molecule has 0 radical (unpaired) electrons. The number of hydrogen-bond acceptors (Lipinski definition) is 3. The van der Waals surface area contributed by atoms with Crippen LogP contribution in [0.5, 0.6) is 0 Å². The number of sulfonamides is 1. The Morgan fingerprint density at radius 1 is 1.12 bits per heavy atom. The van der Waals surface area contributed by atoms with E-state index in [1.54, 1.807) is 37.3 Å². The molecule has 6 heteroatoms. The van der Waals surface area contributed by atoms with Gasteiger partial charge >= 0.3 is 0 Å². The Morgan fingerprint density at radius 3 is 2.50 bits per heavy atom. The molecule has 0 aromatic heterocycles. The van der Waals surface area contributed by atoms with E-state index in [1.165, 1.54) is 18.7 Å². The van der Waals surface area contributed by atoms with Crippen LogP contribution in [0.1, 0.15) is 36.5 Å². The van der Waals surface area contributed by atoms with E-state index in [9.17, 15) is 12.8 Å². The quantitative estimate of drug-likeness (QED) is 0.838. The molecule has 3 rings (SSSR count). The number of hydrogen-bond donors (Lipinski definition) is 1. The second-order valence-electron chi connectivity index (χ2n) is 6.88. The molecule has 0 bridgehead atoms. The van der Waals surface area contributed by atoms with Crippen LogP contribution in [-0.2, 0) is 33.2 Å². The summed E-state index contributed by atoms with van der Waals surface area (Å²) in [5, 5.41) is 0. The standard InChI is InChI=1S/C20H24FNO3S/c1-20(25-2,18-9-5-6-10-19(18)21)14-22-26(23,24)17-12-11-15-7-3-4-8-16(15)13-17/h5-6,9-13,22H,3-4,7-8,14H2,1-2H3/t20-/m0/s1. The second kappa shape index (κ2) is 7.47. The van der Waals surface area contributed by atoms with Gasteiger partial charge < -0.3 is 4.74 Å². The first kappa shape index (κ1) is 19.0. The Labute approximate surface area is 154 Å². The largest absolute Gasteiger partial charge is 0.372 e. The summed E-state index contributed by atoms with van der Waals surface area (Å²) >= 11 is 0. The van der Waals surface area contributed by atoms with Crippen molar-refractivity contribution in [2.75, 3.05) is 13.7 Å². The molecule has 2 aromatic rings. The molecule has 1 N–H and O–H groups in total. The maximum absolute atomic E-state index is 14.1. The minimum atomic E-state index is -3.71. The fraction of sp³-hybridized carbons (Fsp3) is 0.400. The van der Waals surface area contributed by atoms with Gasteiger partial charge in [0.05, 0.1) is 4.90 Å². The molecule has 4 nitrogen and oxygen atoms in total. The third kappa shape index (κ3) is 3.82. The van der Waals surface area contributed by atoms with Gasteiger partial charge in [-0.1, -0.05) is 24.3 Å². The molecule has 0 aliphatic heterocycles. The van der Waals surface area contributed by atoms with Gasteiger partial charge in [-0.25, -0.2) is 17.5 Å². The van der Waals surface area contributed by atoms with Crippen LogP contribution in [0.3, 0.4) is 0 Å². The van der Waals surface area contributed by atoms with E-state index in [0.717, 1.165) is 31.2 Å². The lowest BCUT2D eigenvalue weighted by atomic mass is 9.92. The first-order valence-corrected chi connectivity index (χ1v) is 10.3. The molecule has 26 heavy (non-hydrogen) atoms. The Balaban J connectivity index is 1.82. The highest BCUT2D eigenvalue weighted by Gasteiger charge is 2.31. The van der Waals surface area contributed by atoms with Crippen LogP contribution in [0.25, 0.3) is 0 Å². The van der Waals surface area contributed by atoms with Gasteiger partial charge in [0.2, 0.25) is 10.0 Å². The predicted octanol–water partition coefficient (Wildman–Crippen LogP) is 3.54. The molecule has 1 aliphatic carbocycles. The van der Waals surface area contributed by atoms with Crippen LogP contribution in [0.2, 0.25) is 0 Å². The van der Waals surface area contributed by atoms with Crippen molar-refractivity contribution in [2.45, 2.75) is 43.1 Å². The maximum atomic E-state index is 14.1. The molecule has 0 saturated carbocycles. The Bertz CT molecular complexity index is 898. The number of halogens is 1. The molecule has 0 amide bonds. The van der Waals surface area contributed by atoms with Crippen molar-refractivity contribution in [3.05, 3.63) is 65.0 Å². The van der Waals surface area contributed by atoms with Gasteiger partial charge in [-0.05, 0) is 61.9 Å². The summed E-state index contributed by atoms with van der Waals surface area (Å²) in [4.78, 5) is 0.241. The predicted molar refractivity (Wildman–Crippen MR) is 99.0 cm³/mol. The maximum Gasteiger partial charge on any atom is 0.240 e. The van der Waals surface area contributed by atoms with E-state index in [2.05, 4.69) is 4.72 Å². The van der Waals surface area contributed by atoms with E-state index < -0.39 is 21.4 Å². The third-order valence-electron chi connectivity index (χ3n) is 5.12. The van der Waals surface area contributed by atoms with Crippen molar-refractivity contribution in [3.8, 4) is 0 Å². The molecule has 140 valence electrons. The van der Waals surface area contributed by atoms with Crippen molar-refractivity contribution in [3.63, 3.8) is 0 Å². The van der Waals surface area contributed by atoms with Crippen LogP contribution in [0.4, 0.5) is 4.39 Å². The van der Waals surface area contributed by atoms with Gasteiger partial charge in [0, 0.05) is 19.2 Å². The Morgan fingerprint density at radius 2 is 1.81 bits per heavy atom. The lowest BCUT2D eigenvalue weighted by molar-refractivity contribution is 0.00410. The van der Waals surface area contributed by atoms with E-state index in [1.807, 2.05) is 6.07 Å². The van der Waals surface area contributed by atoms with Crippen molar-refractivity contribution < 1.29 is 17.5 Å². The van der Waals surface area contributed by atoms with Gasteiger partial charge in [0.1, 0.15) is 11.4 Å². The van der Waals surface area contributed by atoms with Crippen molar-refractivity contribution in [1.82, 2.24) is 4.72 Å². The SMILES string of the molecule is CO[C@@](C)(CNS(=O)(=O)c1ccc2c(c1)CCCC2)c1ccccc1F. The smallest absolute Gasteiger partial charge is 0.240 e. The molecule has 0 saturated heterocycles. The van der Waals surface area contributed by atoms with E-state index in [-0.39, 0.29) is 11.4 Å². The van der Waals surface area contributed by atoms with Gasteiger partial charge in [0.15, 0.2) is 0 Å². The van der Waals surface area contributed by atoms with Crippen LogP contribution in [0, 0.1) is 5.82 Å². The van der Waals surface area contributed by atoms with Crippen LogP contribution in [0.15, 0.2) is 47.4 Å². The number of rotatable bonds is 6. The van der Waals surface area contributed by atoms with Gasteiger partial charge in [-0.2, -0.15) is 0 Å². The summed E-state index contributed by atoms with van der Waals surface area (Å²) in [6.07, 6.45) is 4.13. The fourth-order valence-electron chi connectivity index (χ4n) is 3.36. The summed E-state index contributed by atoms with van der Waals surface area (Å²) in [5.41, 5.74) is 1.54. The Kier molecular flexibility index (Phi) is 5.46. The molecular weight excluding hydrogens is 353 g/mol. The highest BCUT2D eigenvalue weighted by molar-refractivity contribution is 7.89. The normalized spacial score (nSPS) is 16.7. The number of aryl methyl sites for hydroxylation is 2. The average molecular weight is 377 g/mol. The first-order valence-electron chi connectivity index (χ1n) is 8.77. The highest BCUT2D eigenvalue weighted by Crippen LogP contribution is 2.28. The van der Waals surface area contributed by atoms with Crippen molar-refractivity contribution >= 4 is 10.0 Å². The number of nitrogens with one attached hydrogen (secondary N) is 1. The monoisotopic (exact) mass is 377 g/mol. The number of fused-ring (bicyclic) bond motifs is 1. The van der Waals surface area contributed by atoms with Crippen LogP contribution in [-0.4, -0.2) is 22.1 Å². The zero-order chi connectivity index (χ0) is 18.8. The molecular formula is C20H24FNO3S. The molecule has 0 unspecified atom stereocenters. The zero-order valence-corrected chi connectivity index (χ0v) is 15.9. The number of ether oxygens (including phenoxy) is 1. The molecule has 0 spiro atoms. The highest BCUT2D eigenvalue weighted by atomic mass is 32.2. The Hall–Kier alpha value is -1.76. The lowest BCUT2D eigenvalue weighted by Gasteiger charge is -2.29. The van der Waals surface area contributed by atoms with Crippen LogP contribution >= 0.6 is 0 Å². The zero-order valence-electron chi connectivity index (χ0n) is 15.1. The summed E-state index contributed by atoms with van der Waals surface area (Å²) in [6.45, 7) is 1.60. The molecule has 1 atom stereocenters. The first-order chi connectivity index (χ1) is 12.4.